The summed E-state index contributed by atoms with van der Waals surface area (Å²) in [7, 11) is 1.15. The molecule has 0 atom stereocenters. The van der Waals surface area contributed by atoms with Gasteiger partial charge >= 0.3 is 5.97 Å². The van der Waals surface area contributed by atoms with Gasteiger partial charge < -0.3 is 4.74 Å². The number of hydrogen-bond acceptors (Lipinski definition) is 2. The molecular formula is C11H6BrClFNO2. The summed E-state index contributed by atoms with van der Waals surface area (Å²) in [4.78, 5) is 14.3. The van der Waals surface area contributed by atoms with Crippen LogP contribution in [-0.2, 0) is 9.53 Å². The van der Waals surface area contributed by atoms with Gasteiger partial charge in [0.2, 0.25) is 0 Å². The van der Waals surface area contributed by atoms with Gasteiger partial charge in [-0.2, -0.15) is 0 Å². The summed E-state index contributed by atoms with van der Waals surface area (Å²) in [5, 5.41) is -0.163. The summed E-state index contributed by atoms with van der Waals surface area (Å²) < 4.78 is 17.8. The van der Waals surface area contributed by atoms with E-state index in [0.29, 0.717) is 0 Å². The van der Waals surface area contributed by atoms with E-state index in [1.54, 1.807) is 0 Å². The largest absolute Gasteiger partial charge is 0.474 e. The second-order valence-corrected chi connectivity index (χ2v) is 4.04. The fourth-order valence-electron chi connectivity index (χ4n) is 1.08. The van der Waals surface area contributed by atoms with Crippen molar-refractivity contribution in [3.8, 4) is 0 Å². The first-order chi connectivity index (χ1) is 8.02. The Kier molecular flexibility index (Phi) is 4.67. The molecule has 3 nitrogen and oxygen atoms in total. The summed E-state index contributed by atoms with van der Waals surface area (Å²) in [5.74, 6) is -1.44. The van der Waals surface area contributed by atoms with Gasteiger partial charge in [0.25, 0.3) is 5.70 Å². The summed E-state index contributed by atoms with van der Waals surface area (Å²) in [6, 6.07) is 4.10. The summed E-state index contributed by atoms with van der Waals surface area (Å²) in [5.41, 5.74) is -0.0666. The van der Waals surface area contributed by atoms with E-state index in [1.165, 1.54) is 18.2 Å². The normalized spacial score (nSPS) is 11.5. The number of benzene rings is 1. The lowest BCUT2D eigenvalue weighted by Gasteiger charge is -2.06. The van der Waals surface area contributed by atoms with Crippen LogP contribution in [0.2, 0.25) is 5.02 Å². The number of halogens is 3. The molecule has 0 aromatic heterocycles. The van der Waals surface area contributed by atoms with Crippen LogP contribution in [0, 0.1) is 12.4 Å². The van der Waals surface area contributed by atoms with Gasteiger partial charge in [0, 0.05) is 10.0 Å². The van der Waals surface area contributed by atoms with Gasteiger partial charge in [-0.25, -0.2) is 9.24 Å². The number of hydrogen-bond donors (Lipinski definition) is 0. The molecule has 0 amide bonds. The highest BCUT2D eigenvalue weighted by Gasteiger charge is 2.19. The third kappa shape index (κ3) is 2.84. The molecule has 1 aromatic rings. The van der Waals surface area contributed by atoms with E-state index in [-0.39, 0.29) is 20.8 Å². The van der Waals surface area contributed by atoms with Gasteiger partial charge in [0.05, 0.1) is 18.7 Å². The third-order valence-electron chi connectivity index (χ3n) is 1.89. The van der Waals surface area contributed by atoms with Crippen LogP contribution in [0.1, 0.15) is 5.56 Å². The molecule has 0 unspecified atom stereocenters. The topological polar surface area (TPSA) is 30.7 Å². The first-order valence-corrected chi connectivity index (χ1v) is 5.50. The van der Waals surface area contributed by atoms with Crippen molar-refractivity contribution in [1.82, 2.24) is 0 Å². The Balaban J connectivity index is 3.42. The van der Waals surface area contributed by atoms with Crippen LogP contribution < -0.4 is 0 Å². The number of ether oxygens (including phenoxy) is 1. The number of rotatable bonds is 2. The fraction of sp³-hybridized carbons (Fsp3) is 0.0909. The molecule has 0 bridgehead atoms. The Morgan fingerprint density at radius 1 is 1.59 bits per heavy atom. The average molecular weight is 319 g/mol. The van der Waals surface area contributed by atoms with E-state index in [0.717, 1.165) is 7.11 Å². The second kappa shape index (κ2) is 5.80. The van der Waals surface area contributed by atoms with E-state index in [4.69, 9.17) is 18.2 Å². The van der Waals surface area contributed by atoms with Crippen molar-refractivity contribution < 1.29 is 13.9 Å². The quantitative estimate of drug-likeness (QED) is 0.473. The number of methoxy groups -OCH3 is 1. The zero-order valence-electron chi connectivity index (χ0n) is 8.63. The first kappa shape index (κ1) is 13.7. The standard InChI is InChI=1S/C11H6BrClFNO2/c1-15-10(11(16)17-2)8(12)6-4-3-5-7(14)9(6)13/h3-5H,2H3. The molecule has 0 fully saturated rings. The molecule has 1 aromatic carbocycles. The van der Waals surface area contributed by atoms with Crippen LogP contribution in [-0.4, -0.2) is 13.1 Å². The van der Waals surface area contributed by atoms with Crippen LogP contribution >= 0.6 is 27.5 Å². The van der Waals surface area contributed by atoms with Crippen molar-refractivity contribution in [2.45, 2.75) is 0 Å². The second-order valence-electron chi connectivity index (χ2n) is 2.87. The van der Waals surface area contributed by atoms with Crippen molar-refractivity contribution in [3.05, 3.63) is 51.7 Å². The van der Waals surface area contributed by atoms with Gasteiger partial charge in [0.1, 0.15) is 5.82 Å². The van der Waals surface area contributed by atoms with Crippen molar-refractivity contribution in [2.24, 2.45) is 0 Å². The molecule has 0 saturated carbocycles. The molecule has 0 aliphatic heterocycles. The first-order valence-electron chi connectivity index (χ1n) is 4.32. The smallest absolute Gasteiger partial charge is 0.337 e. The maximum atomic E-state index is 13.2. The van der Waals surface area contributed by atoms with Crippen molar-refractivity contribution in [2.75, 3.05) is 7.11 Å². The summed E-state index contributed by atoms with van der Waals surface area (Å²) >= 11 is 8.80. The Hall–Kier alpha value is -1.38. The van der Waals surface area contributed by atoms with Gasteiger partial charge in [-0.3, -0.25) is 4.79 Å². The van der Waals surface area contributed by atoms with Crippen LogP contribution in [0.4, 0.5) is 4.39 Å². The monoisotopic (exact) mass is 317 g/mol. The molecule has 1 rings (SSSR count). The fourth-order valence-corrected chi connectivity index (χ4v) is 2.00. The Labute approximate surface area is 111 Å². The van der Waals surface area contributed by atoms with Crippen molar-refractivity contribution in [3.63, 3.8) is 0 Å². The van der Waals surface area contributed by atoms with Gasteiger partial charge in [-0.1, -0.05) is 39.7 Å². The molecule has 0 aliphatic carbocycles. The minimum Gasteiger partial charge on any atom is -0.474 e. The highest BCUT2D eigenvalue weighted by molar-refractivity contribution is 9.15. The van der Waals surface area contributed by atoms with Crippen LogP contribution in [0.5, 0.6) is 0 Å². The molecule has 0 radical (unpaired) electrons. The third-order valence-corrected chi connectivity index (χ3v) is 3.07. The lowest BCUT2D eigenvalue weighted by atomic mass is 10.2. The number of carbonyl (C=O) groups is 1. The van der Waals surface area contributed by atoms with Crippen LogP contribution in [0.15, 0.2) is 23.9 Å². The van der Waals surface area contributed by atoms with E-state index < -0.39 is 11.8 Å². The SMILES string of the molecule is [C-]#[N+]C(C(=O)OC)=C(Br)c1cccc(F)c1Cl. The number of nitrogens with zero attached hydrogens (tertiary/aromatic N) is 1. The Morgan fingerprint density at radius 3 is 2.76 bits per heavy atom. The lowest BCUT2D eigenvalue weighted by Crippen LogP contribution is -2.03. The minimum absolute atomic E-state index is 0.101. The zero-order valence-corrected chi connectivity index (χ0v) is 11.0. The van der Waals surface area contributed by atoms with Crippen LogP contribution in [0.3, 0.4) is 0 Å². The molecular weight excluding hydrogens is 312 g/mol. The lowest BCUT2D eigenvalue weighted by molar-refractivity contribution is -0.135. The molecule has 88 valence electrons. The van der Waals surface area contributed by atoms with Gasteiger partial charge in [-0.05, 0) is 6.07 Å². The number of carbonyl (C=O) groups excluding carboxylic acids is 1. The van der Waals surface area contributed by atoms with Crippen molar-refractivity contribution in [1.29, 1.82) is 0 Å². The Bertz CT molecular complexity index is 537. The maximum Gasteiger partial charge on any atom is 0.337 e. The predicted molar refractivity (Wildman–Crippen MR) is 65.9 cm³/mol. The highest BCUT2D eigenvalue weighted by atomic mass is 79.9. The van der Waals surface area contributed by atoms with Gasteiger partial charge in [-0.15, -0.1) is 0 Å². The van der Waals surface area contributed by atoms with Crippen molar-refractivity contribution >= 4 is 38.0 Å². The zero-order chi connectivity index (χ0) is 13.0. The Morgan fingerprint density at radius 2 is 2.24 bits per heavy atom. The molecule has 0 N–H and O–H groups in total. The van der Waals surface area contributed by atoms with Crippen LogP contribution in [0.25, 0.3) is 9.33 Å². The molecule has 0 saturated heterocycles. The van der Waals surface area contributed by atoms with E-state index in [9.17, 15) is 9.18 Å². The molecule has 0 aliphatic rings. The van der Waals surface area contributed by atoms with Gasteiger partial charge in [0.15, 0.2) is 0 Å². The van der Waals surface area contributed by atoms with E-state index >= 15 is 0 Å². The van der Waals surface area contributed by atoms with E-state index in [1.807, 2.05) is 0 Å². The maximum absolute atomic E-state index is 13.2. The average Bonchev–Trinajstić information content (AvgIpc) is 2.33. The highest BCUT2D eigenvalue weighted by Crippen LogP contribution is 2.33. The molecule has 6 heteroatoms. The minimum atomic E-state index is -0.813. The predicted octanol–water partition coefficient (Wildman–Crippen LogP) is 3.63. The molecule has 0 spiro atoms. The molecule has 0 heterocycles. The summed E-state index contributed by atoms with van der Waals surface area (Å²) in [6.45, 7) is 6.90. The molecule has 17 heavy (non-hydrogen) atoms. The number of esters is 1. The van der Waals surface area contributed by atoms with E-state index in [2.05, 4.69) is 25.5 Å². The summed E-state index contributed by atoms with van der Waals surface area (Å²) in [6.07, 6.45) is 0.